The van der Waals surface area contributed by atoms with E-state index in [4.69, 9.17) is 0 Å². The summed E-state index contributed by atoms with van der Waals surface area (Å²) in [6.45, 7) is 2.22. The summed E-state index contributed by atoms with van der Waals surface area (Å²) < 4.78 is 0. The number of carbonyl (C=O) groups is 1. The number of hydrogen-bond donors (Lipinski definition) is 1. The first kappa shape index (κ1) is 15.4. The molecule has 6 nitrogen and oxygen atoms in total. The lowest BCUT2D eigenvalue weighted by Crippen LogP contribution is -2.48. The first-order valence-electron chi connectivity index (χ1n) is 7.72. The number of anilines is 1. The van der Waals surface area contributed by atoms with Crippen molar-refractivity contribution >= 4 is 11.7 Å². The van der Waals surface area contributed by atoms with E-state index in [1.54, 1.807) is 18.5 Å². The number of nitrogens with zero attached hydrogens (tertiary/aromatic N) is 4. The SMILES string of the molecule is CN(C)c1cc(C(=O)N2CCNCC2c2cccnc2)ccn1. The van der Waals surface area contributed by atoms with E-state index in [0.29, 0.717) is 12.1 Å². The third-order valence-electron chi connectivity index (χ3n) is 4.02. The first-order chi connectivity index (χ1) is 11.2. The first-order valence-corrected chi connectivity index (χ1v) is 7.72. The fraction of sp³-hybridized carbons (Fsp3) is 0.353. The van der Waals surface area contributed by atoms with Crippen LogP contribution in [0.25, 0.3) is 0 Å². The minimum absolute atomic E-state index is 0.000853. The van der Waals surface area contributed by atoms with Gasteiger partial charge in [-0.3, -0.25) is 9.78 Å². The van der Waals surface area contributed by atoms with E-state index in [0.717, 1.165) is 24.5 Å². The predicted molar refractivity (Wildman–Crippen MR) is 89.4 cm³/mol. The Balaban J connectivity index is 1.88. The molecule has 1 atom stereocenters. The number of nitrogens with one attached hydrogen (secondary N) is 1. The summed E-state index contributed by atoms with van der Waals surface area (Å²) in [6, 6.07) is 7.54. The number of aromatic nitrogens is 2. The summed E-state index contributed by atoms with van der Waals surface area (Å²) in [5.74, 6) is 0.815. The van der Waals surface area contributed by atoms with Gasteiger partial charge in [-0.15, -0.1) is 0 Å². The van der Waals surface area contributed by atoms with Gasteiger partial charge >= 0.3 is 0 Å². The zero-order valence-corrected chi connectivity index (χ0v) is 13.4. The smallest absolute Gasteiger partial charge is 0.254 e. The molecule has 6 heteroatoms. The number of carbonyl (C=O) groups excluding carboxylic acids is 1. The van der Waals surface area contributed by atoms with Gasteiger partial charge in [0.25, 0.3) is 5.91 Å². The number of pyridine rings is 2. The Bertz CT molecular complexity index is 674. The summed E-state index contributed by atoms with van der Waals surface area (Å²) in [7, 11) is 3.83. The Morgan fingerprint density at radius 3 is 2.96 bits per heavy atom. The molecule has 3 rings (SSSR count). The van der Waals surface area contributed by atoms with Crippen LogP contribution in [0.5, 0.6) is 0 Å². The van der Waals surface area contributed by atoms with Crippen molar-refractivity contribution in [1.29, 1.82) is 0 Å². The molecule has 23 heavy (non-hydrogen) atoms. The standard InChI is InChI=1S/C17H21N5O/c1-21(2)16-10-13(5-7-20-16)17(23)22-9-8-19-12-15(22)14-4-3-6-18-11-14/h3-7,10-11,15,19H,8-9,12H2,1-2H3. The Labute approximate surface area is 136 Å². The topological polar surface area (TPSA) is 61.4 Å². The molecular weight excluding hydrogens is 290 g/mol. The molecular formula is C17H21N5O. The van der Waals surface area contributed by atoms with Gasteiger partial charge in [0.2, 0.25) is 0 Å². The third-order valence-corrected chi connectivity index (χ3v) is 4.02. The van der Waals surface area contributed by atoms with Crippen molar-refractivity contribution in [2.45, 2.75) is 6.04 Å². The van der Waals surface area contributed by atoms with Crippen LogP contribution in [0.4, 0.5) is 5.82 Å². The lowest BCUT2D eigenvalue weighted by molar-refractivity contribution is 0.0634. The molecule has 0 aromatic carbocycles. The fourth-order valence-electron chi connectivity index (χ4n) is 2.78. The van der Waals surface area contributed by atoms with E-state index in [9.17, 15) is 4.79 Å². The average Bonchev–Trinajstić information content (AvgIpc) is 2.62. The van der Waals surface area contributed by atoms with Crippen LogP contribution in [0.1, 0.15) is 22.0 Å². The van der Waals surface area contributed by atoms with Crippen LogP contribution >= 0.6 is 0 Å². The molecule has 2 aromatic heterocycles. The van der Waals surface area contributed by atoms with Gasteiger partial charge in [0.15, 0.2) is 0 Å². The van der Waals surface area contributed by atoms with Crippen LogP contribution in [0.3, 0.4) is 0 Å². The van der Waals surface area contributed by atoms with Crippen molar-refractivity contribution in [3.63, 3.8) is 0 Å². The molecule has 1 fully saturated rings. The maximum Gasteiger partial charge on any atom is 0.254 e. The van der Waals surface area contributed by atoms with Crippen LogP contribution in [-0.2, 0) is 0 Å². The zero-order valence-electron chi connectivity index (χ0n) is 13.4. The molecule has 0 saturated carbocycles. The van der Waals surface area contributed by atoms with E-state index in [1.165, 1.54) is 0 Å². The molecule has 3 heterocycles. The van der Waals surface area contributed by atoms with E-state index in [2.05, 4.69) is 15.3 Å². The van der Waals surface area contributed by atoms with Gasteiger partial charge in [-0.2, -0.15) is 0 Å². The molecule has 2 aromatic rings. The summed E-state index contributed by atoms with van der Waals surface area (Å²) in [5, 5.41) is 3.36. The molecule has 0 bridgehead atoms. The molecule has 1 saturated heterocycles. The molecule has 1 aliphatic heterocycles. The highest BCUT2D eigenvalue weighted by atomic mass is 16.2. The van der Waals surface area contributed by atoms with Crippen LogP contribution in [0.2, 0.25) is 0 Å². The molecule has 0 aliphatic carbocycles. The van der Waals surface area contributed by atoms with Crippen LogP contribution in [0.15, 0.2) is 42.9 Å². The second kappa shape index (κ2) is 6.75. The molecule has 1 N–H and O–H groups in total. The Morgan fingerprint density at radius 2 is 2.22 bits per heavy atom. The van der Waals surface area contributed by atoms with E-state index < -0.39 is 0 Å². The van der Waals surface area contributed by atoms with Crippen molar-refractivity contribution in [1.82, 2.24) is 20.2 Å². The number of hydrogen-bond acceptors (Lipinski definition) is 5. The second-order valence-electron chi connectivity index (χ2n) is 5.80. The highest BCUT2D eigenvalue weighted by molar-refractivity contribution is 5.95. The highest BCUT2D eigenvalue weighted by Gasteiger charge is 2.28. The molecule has 1 amide bonds. The second-order valence-corrected chi connectivity index (χ2v) is 5.80. The summed E-state index contributed by atoms with van der Waals surface area (Å²) in [5.41, 5.74) is 1.72. The lowest BCUT2D eigenvalue weighted by atomic mass is 10.0. The van der Waals surface area contributed by atoms with Gasteiger partial charge in [-0.05, 0) is 23.8 Å². The van der Waals surface area contributed by atoms with E-state index in [1.807, 2.05) is 48.3 Å². The summed E-state index contributed by atoms with van der Waals surface area (Å²) in [4.78, 5) is 25.3. The van der Waals surface area contributed by atoms with Gasteiger partial charge < -0.3 is 15.1 Å². The molecule has 0 radical (unpaired) electrons. The predicted octanol–water partition coefficient (Wildman–Crippen LogP) is 1.33. The summed E-state index contributed by atoms with van der Waals surface area (Å²) in [6.07, 6.45) is 5.26. The van der Waals surface area contributed by atoms with Crippen molar-refractivity contribution < 1.29 is 4.79 Å². The highest BCUT2D eigenvalue weighted by Crippen LogP contribution is 2.24. The van der Waals surface area contributed by atoms with Crippen molar-refractivity contribution in [2.24, 2.45) is 0 Å². The number of piperazine rings is 1. The molecule has 1 aliphatic rings. The average molecular weight is 311 g/mol. The minimum atomic E-state index is 0.000853. The minimum Gasteiger partial charge on any atom is -0.363 e. The maximum atomic E-state index is 13.0. The maximum absolute atomic E-state index is 13.0. The molecule has 1 unspecified atom stereocenters. The van der Waals surface area contributed by atoms with Gasteiger partial charge in [0, 0.05) is 57.9 Å². The Hall–Kier alpha value is -2.47. The van der Waals surface area contributed by atoms with Crippen LogP contribution < -0.4 is 10.2 Å². The van der Waals surface area contributed by atoms with Gasteiger partial charge in [-0.1, -0.05) is 6.07 Å². The monoisotopic (exact) mass is 311 g/mol. The third kappa shape index (κ3) is 3.32. The number of amides is 1. The Morgan fingerprint density at radius 1 is 1.35 bits per heavy atom. The zero-order chi connectivity index (χ0) is 16.2. The number of rotatable bonds is 3. The summed E-state index contributed by atoms with van der Waals surface area (Å²) >= 11 is 0. The van der Waals surface area contributed by atoms with Crippen molar-refractivity contribution in [2.75, 3.05) is 38.6 Å². The van der Waals surface area contributed by atoms with Gasteiger partial charge in [0.1, 0.15) is 5.82 Å². The quantitative estimate of drug-likeness (QED) is 0.926. The van der Waals surface area contributed by atoms with Gasteiger partial charge in [-0.25, -0.2) is 4.98 Å². The molecule has 0 spiro atoms. The Kier molecular flexibility index (Phi) is 4.52. The van der Waals surface area contributed by atoms with Gasteiger partial charge in [0.05, 0.1) is 6.04 Å². The van der Waals surface area contributed by atoms with Crippen LogP contribution in [0, 0.1) is 0 Å². The van der Waals surface area contributed by atoms with Crippen molar-refractivity contribution in [3.8, 4) is 0 Å². The van der Waals surface area contributed by atoms with E-state index in [-0.39, 0.29) is 11.9 Å². The lowest BCUT2D eigenvalue weighted by Gasteiger charge is -2.36. The largest absolute Gasteiger partial charge is 0.363 e. The fourth-order valence-corrected chi connectivity index (χ4v) is 2.78. The van der Waals surface area contributed by atoms with Crippen molar-refractivity contribution in [3.05, 3.63) is 54.0 Å². The van der Waals surface area contributed by atoms with E-state index >= 15 is 0 Å². The normalized spacial score (nSPS) is 17.8. The molecule has 120 valence electrons. The van der Waals surface area contributed by atoms with Crippen LogP contribution in [-0.4, -0.2) is 54.5 Å².